The van der Waals surface area contributed by atoms with E-state index in [1.807, 2.05) is 48.5 Å². The van der Waals surface area contributed by atoms with Gasteiger partial charge in [0.05, 0.1) is 6.54 Å². The molecule has 0 saturated heterocycles. The first-order chi connectivity index (χ1) is 17.2. The van der Waals surface area contributed by atoms with Crippen molar-refractivity contribution < 1.29 is 18.0 Å². The third kappa shape index (κ3) is 4.67. The number of hydrogen-bond acceptors (Lipinski definition) is 3. The summed E-state index contributed by atoms with van der Waals surface area (Å²) in [5.74, 6) is 0.000826. The van der Waals surface area contributed by atoms with Crippen molar-refractivity contribution in [3.05, 3.63) is 90.8 Å². The van der Waals surface area contributed by atoms with E-state index < -0.39 is 11.9 Å². The van der Waals surface area contributed by atoms with Gasteiger partial charge in [0.25, 0.3) is 0 Å². The Balaban J connectivity index is 1.56. The molecule has 5 aromatic rings. The molecule has 36 heavy (non-hydrogen) atoms. The first kappa shape index (κ1) is 23.6. The van der Waals surface area contributed by atoms with Gasteiger partial charge in [-0.05, 0) is 66.0 Å². The van der Waals surface area contributed by atoms with E-state index in [0.29, 0.717) is 16.9 Å². The number of anilines is 1. The number of carbonyl (C=O) groups excluding carboxylic acids is 1. The summed E-state index contributed by atoms with van der Waals surface area (Å²) in [6.45, 7) is 0.222. The van der Waals surface area contributed by atoms with E-state index >= 15 is 0 Å². The van der Waals surface area contributed by atoms with Crippen molar-refractivity contribution >= 4 is 33.1 Å². The van der Waals surface area contributed by atoms with Crippen molar-refractivity contribution in [3.63, 3.8) is 0 Å². The molecule has 0 fully saturated rings. The first-order valence-corrected chi connectivity index (χ1v) is 11.3. The Kier molecular flexibility index (Phi) is 5.97. The lowest BCUT2D eigenvalue weighted by molar-refractivity contribution is -0.140. The molecule has 0 saturated carbocycles. The van der Waals surface area contributed by atoms with Gasteiger partial charge in [0.15, 0.2) is 5.69 Å². The number of amides is 1. The van der Waals surface area contributed by atoms with Crippen LogP contribution in [0.3, 0.4) is 0 Å². The predicted molar refractivity (Wildman–Crippen MR) is 136 cm³/mol. The number of fused-ring (bicyclic) bond motifs is 3. The molecular weight excluding hydrogens is 465 g/mol. The summed E-state index contributed by atoms with van der Waals surface area (Å²) in [5, 5.41) is 6.88. The molecular formula is C28H23F3N4O. The summed E-state index contributed by atoms with van der Waals surface area (Å²) in [5.41, 5.74) is 0.647. The van der Waals surface area contributed by atoms with Crippen LogP contribution in [-0.4, -0.2) is 41.0 Å². The molecule has 0 radical (unpaired) electrons. The van der Waals surface area contributed by atoms with Crippen LogP contribution in [0.15, 0.2) is 85.1 Å². The highest BCUT2D eigenvalue weighted by Gasteiger charge is 2.35. The molecule has 0 spiro atoms. The third-order valence-corrected chi connectivity index (χ3v) is 5.89. The van der Waals surface area contributed by atoms with Crippen molar-refractivity contribution in [3.8, 4) is 17.1 Å². The second kappa shape index (κ2) is 9.13. The average molecular weight is 489 g/mol. The smallest absolute Gasteiger partial charge is 0.325 e. The Bertz CT molecular complexity index is 1570. The molecule has 182 valence electrons. The molecule has 4 aromatic carbocycles. The van der Waals surface area contributed by atoms with Gasteiger partial charge in [-0.25, -0.2) is 4.98 Å². The number of carbonyl (C=O) groups is 1. The van der Waals surface area contributed by atoms with Crippen molar-refractivity contribution in [2.24, 2.45) is 0 Å². The predicted octanol–water partition coefficient (Wildman–Crippen LogP) is 6.36. The summed E-state index contributed by atoms with van der Waals surface area (Å²) in [4.78, 5) is 17.7. The number of nitrogens with one attached hydrogen (secondary N) is 1. The Morgan fingerprint density at radius 1 is 0.917 bits per heavy atom. The van der Waals surface area contributed by atoms with Crippen LogP contribution in [0, 0.1) is 0 Å². The SMILES string of the molecule is CN(C)CC(=O)Nc1ccc(-n2cc(C(F)(F)F)nc2-c2ccc3c(ccc4ccccc43)c2)cc1. The van der Waals surface area contributed by atoms with E-state index in [9.17, 15) is 18.0 Å². The zero-order valence-electron chi connectivity index (χ0n) is 19.7. The number of halogens is 3. The van der Waals surface area contributed by atoms with Gasteiger partial charge in [-0.1, -0.05) is 48.5 Å². The summed E-state index contributed by atoms with van der Waals surface area (Å²) < 4.78 is 42.3. The maximum absolute atomic E-state index is 13.6. The van der Waals surface area contributed by atoms with Gasteiger partial charge < -0.3 is 10.2 Å². The molecule has 1 N–H and O–H groups in total. The molecule has 0 aliphatic rings. The molecule has 5 rings (SSSR count). The maximum Gasteiger partial charge on any atom is 0.434 e. The topological polar surface area (TPSA) is 50.2 Å². The van der Waals surface area contributed by atoms with Gasteiger partial charge in [0.2, 0.25) is 5.91 Å². The standard InChI is InChI=1S/C28H23F3N4O/c1-34(2)17-26(36)32-21-10-12-22(13-11-21)35-16-25(28(29,30)31)33-27(35)20-9-14-24-19(15-20)8-7-18-5-3-4-6-23(18)24/h3-16H,17H2,1-2H3,(H,32,36). The van der Waals surface area contributed by atoms with E-state index in [1.165, 1.54) is 4.57 Å². The molecule has 0 aliphatic carbocycles. The summed E-state index contributed by atoms with van der Waals surface area (Å²) in [6.07, 6.45) is -3.59. The maximum atomic E-state index is 13.6. The van der Waals surface area contributed by atoms with Gasteiger partial charge in [-0.2, -0.15) is 13.2 Å². The molecule has 0 atom stereocenters. The van der Waals surface area contributed by atoms with Crippen LogP contribution < -0.4 is 5.32 Å². The van der Waals surface area contributed by atoms with Gasteiger partial charge >= 0.3 is 6.18 Å². The van der Waals surface area contributed by atoms with Crippen LogP contribution in [-0.2, 0) is 11.0 Å². The third-order valence-electron chi connectivity index (χ3n) is 5.89. The van der Waals surface area contributed by atoms with Crippen molar-refractivity contribution in [2.45, 2.75) is 6.18 Å². The lowest BCUT2D eigenvalue weighted by Gasteiger charge is -2.12. The minimum atomic E-state index is -4.59. The highest BCUT2D eigenvalue weighted by atomic mass is 19.4. The van der Waals surface area contributed by atoms with E-state index in [-0.39, 0.29) is 18.3 Å². The second-order valence-corrected chi connectivity index (χ2v) is 8.87. The Labute approximate surface area is 205 Å². The summed E-state index contributed by atoms with van der Waals surface area (Å²) in [7, 11) is 3.58. The van der Waals surface area contributed by atoms with E-state index in [0.717, 1.165) is 27.7 Å². The lowest BCUT2D eigenvalue weighted by atomic mass is 10.00. The molecule has 5 nitrogen and oxygen atoms in total. The highest BCUT2D eigenvalue weighted by Crippen LogP contribution is 2.35. The fourth-order valence-corrected chi connectivity index (χ4v) is 4.26. The largest absolute Gasteiger partial charge is 0.434 e. The van der Waals surface area contributed by atoms with Crippen LogP contribution in [0.4, 0.5) is 18.9 Å². The normalized spacial score (nSPS) is 11.9. The zero-order valence-corrected chi connectivity index (χ0v) is 19.7. The molecule has 8 heteroatoms. The van der Waals surface area contributed by atoms with Crippen LogP contribution in [0.1, 0.15) is 5.69 Å². The number of rotatable bonds is 5. The highest BCUT2D eigenvalue weighted by molar-refractivity contribution is 6.08. The molecule has 1 amide bonds. The van der Waals surface area contributed by atoms with Crippen LogP contribution in [0.2, 0.25) is 0 Å². The molecule has 1 aromatic heterocycles. The molecule has 0 bridgehead atoms. The average Bonchev–Trinajstić information content (AvgIpc) is 3.30. The van der Waals surface area contributed by atoms with Gasteiger partial charge in [0.1, 0.15) is 5.82 Å². The minimum absolute atomic E-state index is 0.181. The van der Waals surface area contributed by atoms with Crippen LogP contribution >= 0.6 is 0 Å². The number of benzene rings is 4. The monoisotopic (exact) mass is 488 g/mol. The minimum Gasteiger partial charge on any atom is -0.325 e. The van der Waals surface area contributed by atoms with Gasteiger partial charge in [0, 0.05) is 23.1 Å². The number of likely N-dealkylation sites (N-methyl/N-ethyl adjacent to an activating group) is 1. The van der Waals surface area contributed by atoms with Crippen molar-refractivity contribution in [2.75, 3.05) is 26.0 Å². The lowest BCUT2D eigenvalue weighted by Crippen LogP contribution is -2.27. The zero-order chi connectivity index (χ0) is 25.4. The summed E-state index contributed by atoms with van der Waals surface area (Å²) >= 11 is 0. The van der Waals surface area contributed by atoms with Gasteiger partial charge in [-0.3, -0.25) is 9.36 Å². The Morgan fingerprint density at radius 2 is 1.61 bits per heavy atom. The first-order valence-electron chi connectivity index (χ1n) is 11.3. The second-order valence-electron chi connectivity index (χ2n) is 8.87. The molecule has 0 aliphatic heterocycles. The fraction of sp³-hybridized carbons (Fsp3) is 0.143. The number of alkyl halides is 3. The fourth-order valence-electron chi connectivity index (χ4n) is 4.26. The Hall–Kier alpha value is -4.17. The van der Waals surface area contributed by atoms with Crippen LogP contribution in [0.25, 0.3) is 38.6 Å². The van der Waals surface area contributed by atoms with Crippen LogP contribution in [0.5, 0.6) is 0 Å². The van der Waals surface area contributed by atoms with E-state index in [4.69, 9.17) is 0 Å². The van der Waals surface area contributed by atoms with Gasteiger partial charge in [-0.15, -0.1) is 0 Å². The number of aromatic nitrogens is 2. The Morgan fingerprint density at radius 3 is 2.33 bits per heavy atom. The van der Waals surface area contributed by atoms with E-state index in [2.05, 4.69) is 10.3 Å². The number of nitrogens with zero attached hydrogens (tertiary/aromatic N) is 3. The molecule has 0 unspecified atom stereocenters. The van der Waals surface area contributed by atoms with E-state index in [1.54, 1.807) is 49.3 Å². The molecule has 1 heterocycles. The van der Waals surface area contributed by atoms with Crippen molar-refractivity contribution in [1.29, 1.82) is 0 Å². The number of hydrogen-bond donors (Lipinski definition) is 1. The number of imidazole rings is 1. The quantitative estimate of drug-likeness (QED) is 0.293. The van der Waals surface area contributed by atoms with Crippen molar-refractivity contribution in [1.82, 2.24) is 14.5 Å². The summed E-state index contributed by atoms with van der Waals surface area (Å²) in [6, 6.07) is 24.2.